The van der Waals surface area contributed by atoms with E-state index in [0.717, 1.165) is 5.56 Å². The highest BCUT2D eigenvalue weighted by Crippen LogP contribution is 2.34. The van der Waals surface area contributed by atoms with E-state index in [0.29, 0.717) is 49.0 Å². The molecule has 1 aliphatic heterocycles. The van der Waals surface area contributed by atoms with Crippen molar-refractivity contribution >= 4 is 11.8 Å². The van der Waals surface area contributed by atoms with Gasteiger partial charge in [0.1, 0.15) is 17.5 Å². The van der Waals surface area contributed by atoms with Gasteiger partial charge >= 0.3 is 0 Å². The molecule has 2 aromatic carbocycles. The van der Waals surface area contributed by atoms with Crippen LogP contribution in [-0.2, 0) is 16.1 Å². The lowest BCUT2D eigenvalue weighted by Gasteiger charge is -2.31. The zero-order valence-electron chi connectivity index (χ0n) is 20.9. The van der Waals surface area contributed by atoms with Crippen molar-refractivity contribution in [3.8, 4) is 17.2 Å². The van der Waals surface area contributed by atoms with Crippen molar-refractivity contribution in [2.45, 2.75) is 25.9 Å². The molecule has 1 aromatic heterocycles. The average Bonchev–Trinajstić information content (AvgIpc) is 3.41. The van der Waals surface area contributed by atoms with E-state index in [1.165, 1.54) is 23.5 Å². The first kappa shape index (κ1) is 25.9. The van der Waals surface area contributed by atoms with Crippen LogP contribution in [-0.4, -0.2) is 60.3 Å². The molecule has 10 heteroatoms. The second kappa shape index (κ2) is 12.7. The van der Waals surface area contributed by atoms with E-state index < -0.39 is 11.9 Å². The SMILES string of the molecule is CCOCCCNC(=O)[C@@H](c1ccc(OC)cc1)N(Cc1ccc2c(c1)OCO2)C(=O)c1cnccn1. The van der Waals surface area contributed by atoms with Crippen LogP contribution < -0.4 is 19.5 Å². The number of amides is 2. The lowest BCUT2D eigenvalue weighted by molar-refractivity contribution is -0.126. The number of hydrogen-bond acceptors (Lipinski definition) is 8. The van der Waals surface area contributed by atoms with Gasteiger partial charge in [-0.15, -0.1) is 0 Å². The highest BCUT2D eigenvalue weighted by Gasteiger charge is 2.33. The minimum absolute atomic E-state index is 0.120. The van der Waals surface area contributed by atoms with Gasteiger partial charge < -0.3 is 29.2 Å². The van der Waals surface area contributed by atoms with E-state index in [1.807, 2.05) is 19.1 Å². The van der Waals surface area contributed by atoms with Crippen LogP contribution in [0, 0.1) is 0 Å². The molecule has 0 fully saturated rings. The van der Waals surface area contributed by atoms with Gasteiger partial charge in [-0.05, 0) is 48.7 Å². The number of carbonyl (C=O) groups is 2. The molecule has 0 saturated heterocycles. The van der Waals surface area contributed by atoms with Crippen LogP contribution in [0.25, 0.3) is 0 Å². The molecule has 0 radical (unpaired) electrons. The fourth-order valence-corrected chi connectivity index (χ4v) is 3.96. The molecule has 37 heavy (non-hydrogen) atoms. The topological polar surface area (TPSA) is 112 Å². The number of rotatable bonds is 12. The number of nitrogens with one attached hydrogen (secondary N) is 1. The van der Waals surface area contributed by atoms with E-state index in [-0.39, 0.29) is 24.9 Å². The largest absolute Gasteiger partial charge is 0.497 e. The molecule has 0 aliphatic carbocycles. The van der Waals surface area contributed by atoms with Crippen molar-refractivity contribution in [3.63, 3.8) is 0 Å². The van der Waals surface area contributed by atoms with Gasteiger partial charge in [0.2, 0.25) is 12.7 Å². The summed E-state index contributed by atoms with van der Waals surface area (Å²) in [7, 11) is 1.57. The number of benzene rings is 2. The summed E-state index contributed by atoms with van der Waals surface area (Å²) in [5.74, 6) is 1.11. The number of fused-ring (bicyclic) bond motifs is 1. The summed E-state index contributed by atoms with van der Waals surface area (Å²) in [5.41, 5.74) is 1.52. The first-order valence-electron chi connectivity index (χ1n) is 12.1. The van der Waals surface area contributed by atoms with Crippen molar-refractivity contribution in [2.75, 3.05) is 33.7 Å². The molecule has 3 aromatic rings. The van der Waals surface area contributed by atoms with Crippen LogP contribution in [0.15, 0.2) is 61.1 Å². The highest BCUT2D eigenvalue weighted by molar-refractivity contribution is 5.96. The fraction of sp³-hybridized carbons (Fsp3) is 0.333. The number of carbonyl (C=O) groups excluding carboxylic acids is 2. The Labute approximate surface area is 215 Å². The fourth-order valence-electron chi connectivity index (χ4n) is 3.96. The molecule has 4 rings (SSSR count). The van der Waals surface area contributed by atoms with Crippen LogP contribution in [0.1, 0.15) is 41.0 Å². The summed E-state index contributed by atoms with van der Waals surface area (Å²) >= 11 is 0. The number of ether oxygens (including phenoxy) is 4. The Morgan fingerprint density at radius 1 is 1.11 bits per heavy atom. The van der Waals surface area contributed by atoms with Gasteiger partial charge in [0, 0.05) is 38.7 Å². The van der Waals surface area contributed by atoms with E-state index in [1.54, 1.807) is 37.4 Å². The molecule has 0 saturated carbocycles. The maximum Gasteiger partial charge on any atom is 0.275 e. The molecule has 2 amide bonds. The molecule has 0 unspecified atom stereocenters. The quantitative estimate of drug-likeness (QED) is 0.373. The summed E-state index contributed by atoms with van der Waals surface area (Å²) < 4.78 is 21.6. The lowest BCUT2D eigenvalue weighted by Crippen LogP contribution is -2.44. The Balaban J connectivity index is 1.69. The molecule has 1 atom stereocenters. The predicted molar refractivity (Wildman–Crippen MR) is 134 cm³/mol. The minimum Gasteiger partial charge on any atom is -0.497 e. The number of nitrogens with zero attached hydrogens (tertiary/aromatic N) is 3. The van der Waals surface area contributed by atoms with Gasteiger partial charge in [0.15, 0.2) is 11.5 Å². The van der Waals surface area contributed by atoms with E-state index in [2.05, 4.69) is 15.3 Å². The maximum absolute atomic E-state index is 13.8. The average molecular weight is 507 g/mol. The number of methoxy groups -OCH3 is 1. The molecular formula is C27H30N4O6. The Hall–Kier alpha value is -4.18. The van der Waals surface area contributed by atoms with Gasteiger partial charge in [-0.25, -0.2) is 4.98 Å². The van der Waals surface area contributed by atoms with Crippen LogP contribution >= 0.6 is 0 Å². The van der Waals surface area contributed by atoms with Crippen LogP contribution in [0.2, 0.25) is 0 Å². The zero-order valence-corrected chi connectivity index (χ0v) is 20.9. The van der Waals surface area contributed by atoms with Crippen LogP contribution in [0.3, 0.4) is 0 Å². The molecule has 1 N–H and O–H groups in total. The lowest BCUT2D eigenvalue weighted by atomic mass is 10.0. The van der Waals surface area contributed by atoms with Crippen LogP contribution in [0.4, 0.5) is 0 Å². The van der Waals surface area contributed by atoms with Gasteiger partial charge in [-0.2, -0.15) is 0 Å². The van der Waals surface area contributed by atoms with E-state index in [4.69, 9.17) is 18.9 Å². The third-order valence-corrected chi connectivity index (χ3v) is 5.79. The third-order valence-electron chi connectivity index (χ3n) is 5.79. The van der Waals surface area contributed by atoms with Gasteiger partial charge in [0.05, 0.1) is 13.3 Å². The van der Waals surface area contributed by atoms with Gasteiger partial charge in [-0.1, -0.05) is 18.2 Å². The third kappa shape index (κ3) is 6.53. The van der Waals surface area contributed by atoms with Gasteiger partial charge in [-0.3, -0.25) is 14.6 Å². The van der Waals surface area contributed by atoms with Gasteiger partial charge in [0.25, 0.3) is 5.91 Å². The highest BCUT2D eigenvalue weighted by atomic mass is 16.7. The normalized spacial score (nSPS) is 12.6. The summed E-state index contributed by atoms with van der Waals surface area (Å²) in [6.07, 6.45) is 4.97. The summed E-state index contributed by atoms with van der Waals surface area (Å²) in [6.45, 7) is 3.73. The Morgan fingerprint density at radius 2 is 1.92 bits per heavy atom. The second-order valence-electron chi connectivity index (χ2n) is 8.23. The Morgan fingerprint density at radius 3 is 2.65 bits per heavy atom. The predicted octanol–water partition coefficient (Wildman–Crippen LogP) is 3.14. The molecule has 1 aliphatic rings. The summed E-state index contributed by atoms with van der Waals surface area (Å²) in [4.78, 5) is 37.1. The Bertz CT molecular complexity index is 1190. The Kier molecular flexibility index (Phi) is 8.88. The summed E-state index contributed by atoms with van der Waals surface area (Å²) in [6, 6.07) is 11.6. The second-order valence-corrected chi connectivity index (χ2v) is 8.23. The van der Waals surface area contributed by atoms with E-state index >= 15 is 0 Å². The molecule has 194 valence electrons. The first-order chi connectivity index (χ1) is 18.1. The maximum atomic E-state index is 13.8. The monoisotopic (exact) mass is 506 g/mol. The molecule has 0 bridgehead atoms. The van der Waals surface area contributed by atoms with E-state index in [9.17, 15) is 9.59 Å². The number of hydrogen-bond donors (Lipinski definition) is 1. The van der Waals surface area contributed by atoms with Crippen molar-refractivity contribution in [1.82, 2.24) is 20.2 Å². The smallest absolute Gasteiger partial charge is 0.275 e. The van der Waals surface area contributed by atoms with Crippen LogP contribution in [0.5, 0.6) is 17.2 Å². The molecule has 2 heterocycles. The van der Waals surface area contributed by atoms with Crippen molar-refractivity contribution in [1.29, 1.82) is 0 Å². The summed E-state index contributed by atoms with van der Waals surface area (Å²) in [5, 5.41) is 2.96. The zero-order chi connectivity index (χ0) is 26.0. The molecular weight excluding hydrogens is 476 g/mol. The van der Waals surface area contributed by atoms with Crippen molar-refractivity contribution in [3.05, 3.63) is 77.9 Å². The minimum atomic E-state index is -0.946. The first-order valence-corrected chi connectivity index (χ1v) is 12.1. The molecule has 0 spiro atoms. The number of aromatic nitrogens is 2. The molecule has 10 nitrogen and oxygen atoms in total. The van der Waals surface area contributed by atoms with Crippen molar-refractivity contribution in [2.24, 2.45) is 0 Å². The standard InChI is InChI=1S/C27H30N4O6/c1-3-35-14-4-11-30-26(32)25(20-6-8-21(34-2)9-7-20)31(27(33)22-16-28-12-13-29-22)17-19-5-10-23-24(15-19)37-18-36-23/h5-10,12-13,15-16,25H,3-4,11,14,17-18H2,1-2H3,(H,30,32)/t25-/m1/s1. The van der Waals surface area contributed by atoms with Crippen molar-refractivity contribution < 1.29 is 28.5 Å².